The third-order valence-corrected chi connectivity index (χ3v) is 3.54. The van der Waals surface area contributed by atoms with Crippen LogP contribution in [-0.4, -0.2) is 0 Å². The zero-order valence-corrected chi connectivity index (χ0v) is 7.72. The van der Waals surface area contributed by atoms with Gasteiger partial charge in [-0.1, -0.05) is 0 Å². The van der Waals surface area contributed by atoms with Gasteiger partial charge in [-0.15, -0.1) is 11.3 Å². The van der Waals surface area contributed by atoms with E-state index in [-0.39, 0.29) is 0 Å². The van der Waals surface area contributed by atoms with Gasteiger partial charge >= 0.3 is 0 Å². The van der Waals surface area contributed by atoms with E-state index in [4.69, 9.17) is 10.5 Å². The van der Waals surface area contributed by atoms with Crippen LogP contribution in [0.2, 0.25) is 0 Å². The van der Waals surface area contributed by atoms with Gasteiger partial charge in [0.2, 0.25) is 0 Å². The molecule has 1 aromatic heterocycles. The van der Waals surface area contributed by atoms with Crippen LogP contribution in [0.5, 0.6) is 0 Å². The molecule has 0 amide bonds. The van der Waals surface area contributed by atoms with Crippen LogP contribution >= 0.6 is 34.9 Å². The molecule has 0 spiro atoms. The first-order valence-corrected chi connectivity index (χ1v) is 5.09. The van der Waals surface area contributed by atoms with Gasteiger partial charge in [-0.2, -0.15) is 10.5 Å². The van der Waals surface area contributed by atoms with Crippen molar-refractivity contribution in [3.63, 3.8) is 0 Å². The molecule has 2 nitrogen and oxygen atoms in total. The Hall–Kier alpha value is -0.620. The number of hydrogen-bond acceptors (Lipinski definition) is 5. The highest BCUT2D eigenvalue weighted by Crippen LogP contribution is 2.34. The molecule has 1 heterocycles. The third kappa shape index (κ3) is 2.16. The molecule has 0 fully saturated rings. The highest BCUT2D eigenvalue weighted by atomic mass is 32.2. The number of thiocyanates is 2. The molecule has 1 aromatic rings. The van der Waals surface area contributed by atoms with Crippen molar-refractivity contribution in [1.82, 2.24) is 0 Å². The van der Waals surface area contributed by atoms with Crippen LogP contribution in [0.25, 0.3) is 0 Å². The van der Waals surface area contributed by atoms with Crippen molar-refractivity contribution in [2.45, 2.75) is 9.10 Å². The van der Waals surface area contributed by atoms with E-state index < -0.39 is 0 Å². The summed E-state index contributed by atoms with van der Waals surface area (Å²) in [6, 6.07) is 1.85. The van der Waals surface area contributed by atoms with Crippen LogP contribution in [0.15, 0.2) is 20.6 Å². The first kappa shape index (κ1) is 8.48. The number of thiophene rings is 1. The predicted molar refractivity (Wildman–Crippen MR) is 47.3 cm³/mol. The summed E-state index contributed by atoms with van der Waals surface area (Å²) in [6.45, 7) is 0. The molecule has 0 aliphatic heterocycles. The van der Waals surface area contributed by atoms with Crippen LogP contribution in [-0.2, 0) is 0 Å². The SMILES string of the molecule is N#CSc1ccsc1SC#N. The van der Waals surface area contributed by atoms with Gasteiger partial charge in [0, 0.05) is 16.7 Å². The molecule has 0 aromatic carbocycles. The summed E-state index contributed by atoms with van der Waals surface area (Å²) in [5.74, 6) is 0. The summed E-state index contributed by atoms with van der Waals surface area (Å²) in [7, 11) is 0. The minimum atomic E-state index is 0.879. The second kappa shape index (κ2) is 4.30. The molecular formula is C6H2N2S3. The maximum Gasteiger partial charge on any atom is 0.139 e. The van der Waals surface area contributed by atoms with Crippen molar-refractivity contribution in [1.29, 1.82) is 10.5 Å². The van der Waals surface area contributed by atoms with Gasteiger partial charge in [0.15, 0.2) is 0 Å². The number of thioether (sulfide) groups is 2. The molecule has 0 radical (unpaired) electrons. The largest absolute Gasteiger partial charge is 0.185 e. The van der Waals surface area contributed by atoms with Gasteiger partial charge in [0.25, 0.3) is 0 Å². The smallest absolute Gasteiger partial charge is 0.139 e. The fourth-order valence-electron chi connectivity index (χ4n) is 0.524. The first-order valence-electron chi connectivity index (χ1n) is 2.58. The monoisotopic (exact) mass is 198 g/mol. The van der Waals surface area contributed by atoms with Crippen LogP contribution in [0.3, 0.4) is 0 Å². The average molecular weight is 198 g/mol. The summed E-state index contributed by atoms with van der Waals surface area (Å²) in [5.41, 5.74) is 0. The lowest BCUT2D eigenvalue weighted by molar-refractivity contribution is 1.41. The minimum Gasteiger partial charge on any atom is -0.185 e. The van der Waals surface area contributed by atoms with E-state index in [0.29, 0.717) is 0 Å². The lowest BCUT2D eigenvalue weighted by atomic mass is 10.7. The minimum absolute atomic E-state index is 0.879. The Kier molecular flexibility index (Phi) is 3.31. The Morgan fingerprint density at radius 3 is 2.64 bits per heavy atom. The molecule has 0 aliphatic carbocycles. The van der Waals surface area contributed by atoms with E-state index in [9.17, 15) is 0 Å². The number of nitrogens with zero attached hydrogens (tertiary/aromatic N) is 2. The van der Waals surface area contributed by atoms with Crippen molar-refractivity contribution in [2.75, 3.05) is 0 Å². The molecule has 0 atom stereocenters. The Morgan fingerprint density at radius 1 is 1.27 bits per heavy atom. The number of rotatable bonds is 2. The van der Waals surface area contributed by atoms with Gasteiger partial charge in [0.1, 0.15) is 10.8 Å². The third-order valence-electron chi connectivity index (χ3n) is 0.890. The highest BCUT2D eigenvalue weighted by Gasteiger charge is 2.03. The quantitative estimate of drug-likeness (QED) is 0.541. The number of hydrogen-bond donors (Lipinski definition) is 0. The average Bonchev–Trinajstić information content (AvgIpc) is 2.39. The van der Waals surface area contributed by atoms with Gasteiger partial charge < -0.3 is 0 Å². The summed E-state index contributed by atoms with van der Waals surface area (Å²) in [4.78, 5) is 0.879. The second-order valence-corrected chi connectivity index (χ2v) is 4.26. The Labute approximate surface area is 76.8 Å². The predicted octanol–water partition coefficient (Wildman–Crippen LogP) is 2.89. The van der Waals surface area contributed by atoms with E-state index in [1.165, 1.54) is 11.3 Å². The van der Waals surface area contributed by atoms with Crippen molar-refractivity contribution in [3.8, 4) is 10.8 Å². The maximum absolute atomic E-state index is 8.36. The lowest BCUT2D eigenvalue weighted by Gasteiger charge is -1.88. The lowest BCUT2D eigenvalue weighted by Crippen LogP contribution is -1.61. The fourth-order valence-corrected chi connectivity index (χ4v) is 2.68. The van der Waals surface area contributed by atoms with Gasteiger partial charge in [0.05, 0.1) is 4.21 Å². The molecule has 54 valence electrons. The highest BCUT2D eigenvalue weighted by molar-refractivity contribution is 8.07. The van der Waals surface area contributed by atoms with Gasteiger partial charge in [-0.05, 0) is 23.2 Å². The molecule has 0 bridgehead atoms. The molecule has 0 saturated heterocycles. The summed E-state index contributed by atoms with van der Waals surface area (Å²) in [5, 5.41) is 22.5. The normalized spacial score (nSPS) is 8.55. The van der Waals surface area contributed by atoms with Crippen LogP contribution in [0.1, 0.15) is 0 Å². The van der Waals surface area contributed by atoms with E-state index >= 15 is 0 Å². The summed E-state index contributed by atoms with van der Waals surface area (Å²) in [6.07, 6.45) is 0. The summed E-state index contributed by atoms with van der Waals surface area (Å²) < 4.78 is 0.902. The molecular weight excluding hydrogens is 196 g/mol. The second-order valence-electron chi connectivity index (χ2n) is 1.46. The van der Waals surface area contributed by atoms with Gasteiger partial charge in [-0.3, -0.25) is 0 Å². The van der Waals surface area contributed by atoms with Crippen molar-refractivity contribution in [2.24, 2.45) is 0 Å². The van der Waals surface area contributed by atoms with Crippen molar-refractivity contribution >= 4 is 34.9 Å². The molecule has 11 heavy (non-hydrogen) atoms. The standard InChI is InChI=1S/C6H2N2S3/c7-3-10-5-1-2-9-6(5)11-4-8/h1-2H. The van der Waals surface area contributed by atoms with Crippen molar-refractivity contribution < 1.29 is 0 Å². The van der Waals surface area contributed by atoms with Crippen LogP contribution < -0.4 is 0 Å². The topological polar surface area (TPSA) is 47.6 Å². The van der Waals surface area contributed by atoms with E-state index in [2.05, 4.69) is 0 Å². The Bertz CT molecular complexity index is 287. The fraction of sp³-hybridized carbons (Fsp3) is 0. The van der Waals surface area contributed by atoms with Gasteiger partial charge in [-0.25, -0.2) is 0 Å². The van der Waals surface area contributed by atoms with E-state index in [1.807, 2.05) is 22.2 Å². The molecule has 0 aliphatic rings. The maximum atomic E-state index is 8.36. The zero-order chi connectivity index (χ0) is 8.10. The molecule has 5 heteroatoms. The zero-order valence-electron chi connectivity index (χ0n) is 5.27. The number of nitriles is 2. The van der Waals surface area contributed by atoms with Crippen LogP contribution in [0.4, 0.5) is 0 Å². The first-order chi connectivity index (χ1) is 5.38. The molecule has 1 rings (SSSR count). The summed E-state index contributed by atoms with van der Waals surface area (Å²) >= 11 is 3.68. The van der Waals surface area contributed by atoms with E-state index in [1.54, 1.807) is 0 Å². The Balaban J connectivity index is 2.82. The van der Waals surface area contributed by atoms with Crippen molar-refractivity contribution in [3.05, 3.63) is 11.4 Å². The molecule has 0 unspecified atom stereocenters. The Morgan fingerprint density at radius 2 is 2.00 bits per heavy atom. The molecule has 0 N–H and O–H groups in total. The van der Waals surface area contributed by atoms with E-state index in [0.717, 1.165) is 32.6 Å². The molecule has 0 saturated carbocycles. The van der Waals surface area contributed by atoms with Crippen LogP contribution in [0, 0.1) is 21.3 Å².